The summed E-state index contributed by atoms with van der Waals surface area (Å²) < 4.78 is 10.4. The van der Waals surface area contributed by atoms with Crippen molar-refractivity contribution in [3.63, 3.8) is 0 Å². The Balaban J connectivity index is 1.54. The van der Waals surface area contributed by atoms with E-state index in [2.05, 4.69) is 15.5 Å². The van der Waals surface area contributed by atoms with Gasteiger partial charge in [-0.25, -0.2) is 0 Å². The van der Waals surface area contributed by atoms with Gasteiger partial charge in [0.05, 0.1) is 34.9 Å². The highest BCUT2D eigenvalue weighted by Gasteiger charge is 2.13. The maximum Gasteiger partial charge on any atom is 0.259 e. The van der Waals surface area contributed by atoms with Gasteiger partial charge in [0.2, 0.25) is 5.91 Å². The minimum atomic E-state index is -0.185. The van der Waals surface area contributed by atoms with Gasteiger partial charge in [0, 0.05) is 5.02 Å². The number of benzene rings is 2. The molecule has 0 saturated carbocycles. The molecule has 0 atom stereocenters. The summed E-state index contributed by atoms with van der Waals surface area (Å²) in [6.07, 6.45) is 0. The predicted molar refractivity (Wildman–Crippen MR) is 108 cm³/mol. The first-order valence-corrected chi connectivity index (χ1v) is 9.76. The van der Waals surface area contributed by atoms with Crippen LogP contribution in [-0.2, 0) is 10.5 Å². The molecule has 140 valence electrons. The highest BCUT2D eigenvalue weighted by atomic mass is 35.5. The third-order valence-electron chi connectivity index (χ3n) is 3.47. The molecular weight excluding hydrogens is 409 g/mol. The zero-order valence-corrected chi connectivity index (χ0v) is 16.6. The molecule has 0 unspecified atom stereocenters. The average Bonchev–Trinajstić information content (AvgIpc) is 3.11. The van der Waals surface area contributed by atoms with E-state index in [1.54, 1.807) is 30.3 Å². The number of carbonyl (C=O) groups excluding carboxylic acids is 1. The fourth-order valence-corrected chi connectivity index (χ4v) is 3.30. The van der Waals surface area contributed by atoms with Gasteiger partial charge < -0.3 is 14.6 Å². The molecule has 2 aromatic carbocycles. The fraction of sp³-hybridized carbons (Fsp3) is 0.167. The number of hydrogen-bond acceptors (Lipinski definition) is 6. The van der Waals surface area contributed by atoms with Crippen molar-refractivity contribution in [1.29, 1.82) is 0 Å². The summed E-state index contributed by atoms with van der Waals surface area (Å²) in [5, 5.41) is 7.74. The van der Waals surface area contributed by atoms with Crippen LogP contribution in [0.25, 0.3) is 11.5 Å². The minimum absolute atomic E-state index is 0.185. The Labute approximate surface area is 170 Å². The zero-order chi connectivity index (χ0) is 19.2. The molecule has 0 bridgehead atoms. The van der Waals surface area contributed by atoms with E-state index in [-0.39, 0.29) is 11.7 Å². The Morgan fingerprint density at radius 1 is 1.26 bits per heavy atom. The number of nitrogens with zero attached hydrogens (tertiary/aromatic N) is 2. The lowest BCUT2D eigenvalue weighted by Crippen LogP contribution is -2.15. The molecule has 1 amide bonds. The van der Waals surface area contributed by atoms with Gasteiger partial charge in [-0.2, -0.15) is 4.98 Å². The van der Waals surface area contributed by atoms with E-state index >= 15 is 0 Å². The topological polar surface area (TPSA) is 77.2 Å². The van der Waals surface area contributed by atoms with Crippen LogP contribution in [0, 0.1) is 0 Å². The molecule has 0 radical (unpaired) electrons. The first-order valence-electron chi connectivity index (χ1n) is 7.85. The van der Waals surface area contributed by atoms with Gasteiger partial charge in [-0.1, -0.05) is 40.5 Å². The number of carbonyl (C=O) groups is 1. The molecule has 9 heteroatoms. The van der Waals surface area contributed by atoms with E-state index in [4.69, 9.17) is 32.5 Å². The molecule has 0 spiro atoms. The van der Waals surface area contributed by atoms with Crippen molar-refractivity contribution >= 4 is 46.6 Å². The fourth-order valence-electron chi connectivity index (χ4n) is 2.26. The van der Waals surface area contributed by atoms with E-state index in [0.717, 1.165) is 0 Å². The van der Waals surface area contributed by atoms with Crippen molar-refractivity contribution in [3.05, 3.63) is 58.3 Å². The summed E-state index contributed by atoms with van der Waals surface area (Å²) in [6.45, 7) is 0. The first kappa shape index (κ1) is 19.5. The van der Waals surface area contributed by atoms with Crippen molar-refractivity contribution in [2.75, 3.05) is 18.2 Å². The first-order chi connectivity index (χ1) is 13.1. The second kappa shape index (κ2) is 9.12. The Morgan fingerprint density at radius 3 is 2.85 bits per heavy atom. The highest BCUT2D eigenvalue weighted by Crippen LogP contribution is 2.28. The average molecular weight is 424 g/mol. The molecular formula is C18H15Cl2N3O3S. The van der Waals surface area contributed by atoms with E-state index in [9.17, 15) is 4.79 Å². The van der Waals surface area contributed by atoms with Gasteiger partial charge in [0.1, 0.15) is 5.75 Å². The van der Waals surface area contributed by atoms with E-state index < -0.39 is 0 Å². The summed E-state index contributed by atoms with van der Waals surface area (Å²) in [7, 11) is 1.53. The standard InChI is InChI=1S/C18H15Cl2N3O3S/c1-25-15-7-6-11(19)8-14(15)21-17(24)10-27-9-16-22-18(26-23-16)12-4-2-3-5-13(12)20/h2-8H,9-10H2,1H3,(H,21,24). The molecule has 1 aromatic heterocycles. The number of rotatable bonds is 7. The van der Waals surface area contributed by atoms with Crippen LogP contribution in [0.4, 0.5) is 5.69 Å². The van der Waals surface area contributed by atoms with Crippen molar-refractivity contribution in [2.45, 2.75) is 5.75 Å². The van der Waals surface area contributed by atoms with E-state index in [0.29, 0.717) is 44.5 Å². The van der Waals surface area contributed by atoms with E-state index in [1.807, 2.05) is 12.1 Å². The molecule has 0 saturated heterocycles. The second-order valence-corrected chi connectivity index (χ2v) is 7.21. The lowest BCUT2D eigenvalue weighted by molar-refractivity contribution is -0.113. The van der Waals surface area contributed by atoms with Crippen molar-refractivity contribution in [2.24, 2.45) is 0 Å². The Hall–Kier alpha value is -2.22. The molecule has 1 N–H and O–H groups in total. The molecule has 1 heterocycles. The number of amides is 1. The van der Waals surface area contributed by atoms with Crippen molar-refractivity contribution in [3.8, 4) is 17.2 Å². The summed E-state index contributed by atoms with van der Waals surface area (Å²) in [5.74, 6) is 1.84. The van der Waals surface area contributed by atoms with Crippen LogP contribution in [0.15, 0.2) is 47.0 Å². The SMILES string of the molecule is COc1ccc(Cl)cc1NC(=O)CSCc1noc(-c2ccccc2Cl)n1. The van der Waals surface area contributed by atoms with Crippen LogP contribution in [0.5, 0.6) is 5.75 Å². The number of thioether (sulfide) groups is 1. The number of ether oxygens (including phenoxy) is 1. The van der Waals surface area contributed by atoms with Gasteiger partial charge >= 0.3 is 0 Å². The molecule has 6 nitrogen and oxygen atoms in total. The van der Waals surface area contributed by atoms with Crippen molar-refractivity contribution in [1.82, 2.24) is 10.1 Å². The van der Waals surface area contributed by atoms with Gasteiger partial charge in [-0.15, -0.1) is 11.8 Å². The van der Waals surface area contributed by atoms with Crippen LogP contribution in [0.3, 0.4) is 0 Å². The number of hydrogen-bond donors (Lipinski definition) is 1. The lowest BCUT2D eigenvalue weighted by Gasteiger charge is -2.10. The molecule has 0 aliphatic rings. The maximum absolute atomic E-state index is 12.1. The largest absolute Gasteiger partial charge is 0.495 e. The van der Waals surface area contributed by atoms with Gasteiger partial charge in [0.25, 0.3) is 5.89 Å². The quantitative estimate of drug-likeness (QED) is 0.580. The molecule has 0 aliphatic heterocycles. The molecule has 0 fully saturated rings. The van der Waals surface area contributed by atoms with Crippen LogP contribution in [0.1, 0.15) is 5.82 Å². The molecule has 3 aromatic rings. The van der Waals surface area contributed by atoms with Crippen LogP contribution < -0.4 is 10.1 Å². The summed E-state index contributed by atoms with van der Waals surface area (Å²) >= 11 is 13.4. The number of halogens is 2. The summed E-state index contributed by atoms with van der Waals surface area (Å²) in [6, 6.07) is 12.2. The van der Waals surface area contributed by atoms with Gasteiger partial charge in [-0.05, 0) is 30.3 Å². The minimum Gasteiger partial charge on any atom is -0.495 e. The Bertz CT molecular complexity index is 949. The highest BCUT2D eigenvalue weighted by molar-refractivity contribution is 7.99. The zero-order valence-electron chi connectivity index (χ0n) is 14.2. The van der Waals surface area contributed by atoms with E-state index in [1.165, 1.54) is 18.9 Å². The lowest BCUT2D eigenvalue weighted by atomic mass is 10.2. The van der Waals surface area contributed by atoms with Crippen molar-refractivity contribution < 1.29 is 14.1 Å². The summed E-state index contributed by atoms with van der Waals surface area (Å²) in [5.41, 5.74) is 1.20. The van der Waals surface area contributed by atoms with Crippen LogP contribution >= 0.6 is 35.0 Å². The molecule has 0 aliphatic carbocycles. The van der Waals surface area contributed by atoms with Gasteiger partial charge in [0.15, 0.2) is 5.82 Å². The Morgan fingerprint density at radius 2 is 2.07 bits per heavy atom. The maximum atomic E-state index is 12.1. The monoisotopic (exact) mass is 423 g/mol. The van der Waals surface area contributed by atoms with Crippen LogP contribution in [-0.4, -0.2) is 28.9 Å². The third-order valence-corrected chi connectivity index (χ3v) is 4.97. The number of aromatic nitrogens is 2. The number of nitrogens with one attached hydrogen (secondary N) is 1. The molecule has 27 heavy (non-hydrogen) atoms. The van der Waals surface area contributed by atoms with Crippen LogP contribution in [0.2, 0.25) is 10.0 Å². The molecule has 3 rings (SSSR count). The van der Waals surface area contributed by atoms with Gasteiger partial charge in [-0.3, -0.25) is 4.79 Å². The Kier molecular flexibility index (Phi) is 6.60. The number of anilines is 1. The smallest absolute Gasteiger partial charge is 0.259 e. The second-order valence-electron chi connectivity index (χ2n) is 5.38. The predicted octanol–water partition coefficient (Wildman–Crippen LogP) is 4.92. The summed E-state index contributed by atoms with van der Waals surface area (Å²) in [4.78, 5) is 16.5. The third kappa shape index (κ3) is 5.15. The number of methoxy groups -OCH3 is 1. The normalized spacial score (nSPS) is 10.6.